The van der Waals surface area contributed by atoms with E-state index in [2.05, 4.69) is 6.92 Å². The van der Waals surface area contributed by atoms with E-state index in [0.29, 0.717) is 19.2 Å². The van der Waals surface area contributed by atoms with Crippen LogP contribution >= 0.6 is 0 Å². The molecule has 6 heteroatoms. The Hall–Kier alpha value is -1.95. The summed E-state index contributed by atoms with van der Waals surface area (Å²) in [5, 5.41) is 8.89. The number of benzene rings is 1. The third-order valence-electron chi connectivity index (χ3n) is 5.52. The number of carboxylic acids is 1. The van der Waals surface area contributed by atoms with Crippen molar-refractivity contribution in [2.24, 2.45) is 5.92 Å². The first-order chi connectivity index (χ1) is 12.4. The number of piperidine rings is 1. The first kappa shape index (κ1) is 18.8. The van der Waals surface area contributed by atoms with Crippen LogP contribution in [0.3, 0.4) is 0 Å². The van der Waals surface area contributed by atoms with Crippen molar-refractivity contribution in [1.82, 2.24) is 4.90 Å². The number of ether oxygens (including phenoxy) is 1. The van der Waals surface area contributed by atoms with Gasteiger partial charge in [0.15, 0.2) is 0 Å². The van der Waals surface area contributed by atoms with Gasteiger partial charge in [0.05, 0.1) is 23.3 Å². The Morgan fingerprint density at radius 1 is 1.08 bits per heavy atom. The fourth-order valence-corrected chi connectivity index (χ4v) is 3.82. The van der Waals surface area contributed by atoms with Crippen molar-refractivity contribution in [1.29, 1.82) is 0 Å². The summed E-state index contributed by atoms with van der Waals surface area (Å²) in [6, 6.07) is 3.42. The molecule has 142 valence electrons. The lowest BCUT2D eigenvalue weighted by Gasteiger charge is -2.35. The maximum atomic E-state index is 14.1. The molecule has 2 fully saturated rings. The van der Waals surface area contributed by atoms with E-state index in [1.165, 1.54) is 25.0 Å². The van der Waals surface area contributed by atoms with E-state index in [4.69, 9.17) is 9.84 Å². The van der Waals surface area contributed by atoms with Gasteiger partial charge in [0.2, 0.25) is 0 Å². The third-order valence-corrected chi connectivity index (χ3v) is 5.52. The number of carbonyl (C=O) groups is 2. The fraction of sp³-hybridized carbons (Fsp3) is 0.600. The van der Waals surface area contributed by atoms with Gasteiger partial charge in [-0.25, -0.2) is 9.18 Å². The van der Waals surface area contributed by atoms with Crippen molar-refractivity contribution < 1.29 is 23.8 Å². The van der Waals surface area contributed by atoms with E-state index >= 15 is 0 Å². The number of carboxylic acid groups (broad SMARTS) is 1. The minimum absolute atomic E-state index is 0.0735. The van der Waals surface area contributed by atoms with Crippen LogP contribution < -0.4 is 0 Å². The predicted molar refractivity (Wildman–Crippen MR) is 94.8 cm³/mol. The molecule has 26 heavy (non-hydrogen) atoms. The number of rotatable bonds is 4. The van der Waals surface area contributed by atoms with Crippen LogP contribution in [0.5, 0.6) is 0 Å². The highest BCUT2D eigenvalue weighted by Crippen LogP contribution is 2.28. The van der Waals surface area contributed by atoms with Crippen LogP contribution in [-0.4, -0.2) is 47.2 Å². The smallest absolute Gasteiger partial charge is 0.335 e. The zero-order valence-electron chi connectivity index (χ0n) is 15.1. The molecule has 1 aliphatic heterocycles. The second kappa shape index (κ2) is 8.16. The summed E-state index contributed by atoms with van der Waals surface area (Å²) in [6.07, 6.45) is 6.67. The van der Waals surface area contributed by atoms with Gasteiger partial charge in [-0.2, -0.15) is 0 Å². The normalized spacial score (nSPS) is 24.5. The Balaban J connectivity index is 1.53. The zero-order chi connectivity index (χ0) is 18.7. The summed E-state index contributed by atoms with van der Waals surface area (Å²) < 4.78 is 20.3. The molecule has 1 heterocycles. The zero-order valence-corrected chi connectivity index (χ0v) is 15.1. The first-order valence-electron chi connectivity index (χ1n) is 9.41. The Bertz CT molecular complexity index is 662. The van der Waals surface area contributed by atoms with Gasteiger partial charge in [0.25, 0.3) is 5.91 Å². The van der Waals surface area contributed by atoms with Gasteiger partial charge in [-0.15, -0.1) is 0 Å². The number of hydrogen-bond acceptors (Lipinski definition) is 3. The van der Waals surface area contributed by atoms with Gasteiger partial charge in [-0.1, -0.05) is 6.92 Å². The number of nitrogens with zero attached hydrogens (tertiary/aromatic N) is 1. The Kier molecular flexibility index (Phi) is 5.91. The monoisotopic (exact) mass is 363 g/mol. The van der Waals surface area contributed by atoms with Crippen LogP contribution in [0.1, 0.15) is 66.2 Å². The molecule has 0 spiro atoms. The van der Waals surface area contributed by atoms with E-state index < -0.39 is 11.8 Å². The fourth-order valence-electron chi connectivity index (χ4n) is 3.82. The predicted octanol–water partition coefficient (Wildman–Crippen LogP) is 3.72. The van der Waals surface area contributed by atoms with Crippen LogP contribution in [0, 0.1) is 11.7 Å². The summed E-state index contributed by atoms with van der Waals surface area (Å²) in [6.45, 7) is 3.35. The van der Waals surface area contributed by atoms with E-state index in [0.717, 1.165) is 37.7 Å². The SMILES string of the molecule is CC1CCC(OC2CCN(C(=O)c3ccc(C(=O)O)cc3F)CC2)CC1. The molecule has 2 aliphatic rings. The van der Waals surface area contributed by atoms with E-state index in [1.54, 1.807) is 4.90 Å². The Labute approximate surface area is 153 Å². The topological polar surface area (TPSA) is 66.8 Å². The molecule has 0 unspecified atom stereocenters. The number of amides is 1. The summed E-state index contributed by atoms with van der Waals surface area (Å²) in [5.74, 6) is -1.59. The van der Waals surface area contributed by atoms with Crippen molar-refractivity contribution in [3.05, 3.63) is 35.1 Å². The van der Waals surface area contributed by atoms with Gasteiger partial charge < -0.3 is 14.7 Å². The minimum atomic E-state index is -1.21. The average molecular weight is 363 g/mol. The largest absolute Gasteiger partial charge is 0.478 e. The molecule has 0 bridgehead atoms. The molecular formula is C20H26FNO4. The second-order valence-corrected chi connectivity index (χ2v) is 7.51. The molecule has 0 radical (unpaired) electrons. The average Bonchev–Trinajstić information content (AvgIpc) is 2.63. The highest BCUT2D eigenvalue weighted by molar-refractivity contribution is 5.96. The minimum Gasteiger partial charge on any atom is -0.478 e. The van der Waals surface area contributed by atoms with Crippen molar-refractivity contribution >= 4 is 11.9 Å². The summed E-state index contributed by atoms with van der Waals surface area (Å²) in [5.41, 5.74) is -0.233. The quantitative estimate of drug-likeness (QED) is 0.885. The van der Waals surface area contributed by atoms with Gasteiger partial charge in [-0.05, 0) is 62.6 Å². The maximum absolute atomic E-state index is 14.1. The Morgan fingerprint density at radius 2 is 1.69 bits per heavy atom. The number of halogens is 1. The number of carbonyl (C=O) groups excluding carboxylic acids is 1. The molecule has 1 aromatic rings. The third kappa shape index (κ3) is 4.41. The molecule has 3 rings (SSSR count). The molecular weight excluding hydrogens is 337 g/mol. The lowest BCUT2D eigenvalue weighted by molar-refractivity contribution is -0.0571. The molecule has 0 aromatic heterocycles. The molecule has 1 saturated carbocycles. The number of likely N-dealkylation sites (tertiary alicyclic amines) is 1. The molecule has 1 saturated heterocycles. The lowest BCUT2D eigenvalue weighted by atomic mass is 9.88. The molecule has 1 aliphatic carbocycles. The van der Waals surface area contributed by atoms with Crippen LogP contribution in [0.2, 0.25) is 0 Å². The molecule has 1 amide bonds. The van der Waals surface area contributed by atoms with Crippen molar-refractivity contribution in [3.8, 4) is 0 Å². The van der Waals surface area contributed by atoms with Crippen LogP contribution in [0.15, 0.2) is 18.2 Å². The van der Waals surface area contributed by atoms with Crippen molar-refractivity contribution in [3.63, 3.8) is 0 Å². The second-order valence-electron chi connectivity index (χ2n) is 7.51. The first-order valence-corrected chi connectivity index (χ1v) is 9.41. The van der Waals surface area contributed by atoms with E-state index in [1.807, 2.05) is 0 Å². The van der Waals surface area contributed by atoms with Crippen LogP contribution in [0.25, 0.3) is 0 Å². The molecule has 5 nitrogen and oxygen atoms in total. The summed E-state index contributed by atoms with van der Waals surface area (Å²) in [7, 11) is 0. The maximum Gasteiger partial charge on any atom is 0.335 e. The standard InChI is InChI=1S/C20H26FNO4/c1-13-2-5-15(6-3-13)26-16-8-10-22(11-9-16)19(23)17-7-4-14(20(24)25)12-18(17)21/h4,7,12-13,15-16H,2-3,5-6,8-11H2,1H3,(H,24,25). The Morgan fingerprint density at radius 3 is 2.27 bits per heavy atom. The van der Waals surface area contributed by atoms with Crippen molar-refractivity contribution in [2.45, 2.75) is 57.7 Å². The summed E-state index contributed by atoms with van der Waals surface area (Å²) in [4.78, 5) is 25.0. The highest BCUT2D eigenvalue weighted by Gasteiger charge is 2.28. The van der Waals surface area contributed by atoms with Crippen LogP contribution in [0.4, 0.5) is 4.39 Å². The lowest BCUT2D eigenvalue weighted by Crippen LogP contribution is -2.42. The molecule has 0 atom stereocenters. The number of aromatic carboxylic acids is 1. The van der Waals surface area contributed by atoms with Crippen molar-refractivity contribution in [2.75, 3.05) is 13.1 Å². The highest BCUT2D eigenvalue weighted by atomic mass is 19.1. The van der Waals surface area contributed by atoms with E-state index in [9.17, 15) is 14.0 Å². The van der Waals surface area contributed by atoms with Gasteiger partial charge in [0, 0.05) is 13.1 Å². The van der Waals surface area contributed by atoms with Crippen LogP contribution in [-0.2, 0) is 4.74 Å². The molecule has 1 N–H and O–H groups in total. The molecule has 1 aromatic carbocycles. The van der Waals surface area contributed by atoms with E-state index in [-0.39, 0.29) is 23.1 Å². The van der Waals surface area contributed by atoms with Gasteiger partial charge in [-0.3, -0.25) is 4.79 Å². The summed E-state index contributed by atoms with van der Waals surface area (Å²) >= 11 is 0. The van der Waals surface area contributed by atoms with Gasteiger partial charge >= 0.3 is 5.97 Å². The number of hydrogen-bond donors (Lipinski definition) is 1. The van der Waals surface area contributed by atoms with Gasteiger partial charge in [0.1, 0.15) is 5.82 Å².